The van der Waals surface area contributed by atoms with Gasteiger partial charge in [-0.25, -0.2) is 9.66 Å². The zero-order valence-electron chi connectivity index (χ0n) is 11.0. The first-order valence-corrected chi connectivity index (χ1v) is 6.89. The van der Waals surface area contributed by atoms with E-state index >= 15 is 0 Å². The molecule has 3 rings (SSSR count). The van der Waals surface area contributed by atoms with Gasteiger partial charge in [-0.3, -0.25) is 15.0 Å². The molecule has 6 nitrogen and oxygen atoms in total. The summed E-state index contributed by atoms with van der Waals surface area (Å²) in [5.74, 6) is -0.00767. The van der Waals surface area contributed by atoms with Gasteiger partial charge in [-0.05, 0) is 37.3 Å². The highest BCUT2D eigenvalue weighted by molar-refractivity contribution is 9.10. The van der Waals surface area contributed by atoms with Crippen LogP contribution in [-0.2, 0) is 0 Å². The maximum absolute atomic E-state index is 12.5. The third kappa shape index (κ3) is 2.47. The first kappa shape index (κ1) is 13.6. The van der Waals surface area contributed by atoms with Crippen LogP contribution in [0.3, 0.4) is 0 Å². The minimum Gasteiger partial charge on any atom is -0.459 e. The van der Waals surface area contributed by atoms with Gasteiger partial charge in [0.1, 0.15) is 5.82 Å². The lowest BCUT2D eigenvalue weighted by Gasteiger charge is -2.11. The second-order valence-corrected chi connectivity index (χ2v) is 5.29. The molecule has 0 fully saturated rings. The van der Waals surface area contributed by atoms with E-state index in [0.29, 0.717) is 16.7 Å². The lowest BCUT2D eigenvalue weighted by atomic mass is 10.2. The van der Waals surface area contributed by atoms with Gasteiger partial charge in [-0.15, -0.1) is 0 Å². The first-order chi connectivity index (χ1) is 10.1. The monoisotopic (exact) mass is 347 g/mol. The van der Waals surface area contributed by atoms with Crippen LogP contribution in [0.5, 0.6) is 0 Å². The Kier molecular flexibility index (Phi) is 3.34. The lowest BCUT2D eigenvalue weighted by molar-refractivity contribution is 0.0980. The summed E-state index contributed by atoms with van der Waals surface area (Å²) in [6, 6.07) is 8.33. The summed E-state index contributed by atoms with van der Waals surface area (Å²) in [7, 11) is 0. The average molecular weight is 348 g/mol. The molecular formula is C14H10BrN3O3. The van der Waals surface area contributed by atoms with Gasteiger partial charge in [0, 0.05) is 4.47 Å². The summed E-state index contributed by atoms with van der Waals surface area (Å²) < 4.78 is 6.87. The number of hydrogen-bond donors (Lipinski definition) is 1. The number of rotatable bonds is 2. The van der Waals surface area contributed by atoms with Crippen LogP contribution < -0.4 is 11.0 Å². The molecule has 0 saturated heterocycles. The lowest BCUT2D eigenvalue weighted by Crippen LogP contribution is -2.35. The van der Waals surface area contributed by atoms with Crippen molar-refractivity contribution in [3.63, 3.8) is 0 Å². The van der Waals surface area contributed by atoms with E-state index in [9.17, 15) is 9.59 Å². The van der Waals surface area contributed by atoms with Crippen molar-refractivity contribution in [2.75, 3.05) is 5.43 Å². The first-order valence-electron chi connectivity index (χ1n) is 6.10. The Labute approximate surface area is 127 Å². The Balaban J connectivity index is 2.10. The number of halogens is 1. The fourth-order valence-electron chi connectivity index (χ4n) is 1.96. The quantitative estimate of drug-likeness (QED) is 0.772. The van der Waals surface area contributed by atoms with Crippen molar-refractivity contribution >= 4 is 32.7 Å². The number of fused-ring (bicyclic) bond motifs is 1. The van der Waals surface area contributed by atoms with E-state index in [1.807, 2.05) is 0 Å². The number of nitrogens with zero attached hydrogens (tertiary/aromatic N) is 2. The van der Waals surface area contributed by atoms with E-state index < -0.39 is 5.91 Å². The number of hydrogen-bond acceptors (Lipinski definition) is 4. The highest BCUT2D eigenvalue weighted by Gasteiger charge is 2.13. The molecule has 1 aromatic carbocycles. The third-order valence-electron chi connectivity index (χ3n) is 2.96. The zero-order chi connectivity index (χ0) is 15.0. The summed E-state index contributed by atoms with van der Waals surface area (Å²) >= 11 is 3.31. The molecule has 3 aromatic rings. The number of furan rings is 1. The maximum Gasteiger partial charge on any atom is 0.305 e. The predicted octanol–water partition coefficient (Wildman–Crippen LogP) is 2.44. The predicted molar refractivity (Wildman–Crippen MR) is 80.8 cm³/mol. The number of carbonyl (C=O) groups is 1. The van der Waals surface area contributed by atoms with Crippen LogP contribution in [0.4, 0.5) is 0 Å². The molecule has 2 aromatic heterocycles. The van der Waals surface area contributed by atoms with E-state index in [1.165, 1.54) is 12.3 Å². The minimum atomic E-state index is -0.513. The molecule has 0 aliphatic rings. The molecule has 0 radical (unpaired) electrons. The Morgan fingerprint density at radius 1 is 1.38 bits per heavy atom. The highest BCUT2D eigenvalue weighted by Crippen LogP contribution is 2.15. The maximum atomic E-state index is 12.5. The number of aryl methyl sites for hydroxylation is 1. The van der Waals surface area contributed by atoms with Gasteiger partial charge >= 0.3 is 5.91 Å². The number of benzene rings is 1. The van der Waals surface area contributed by atoms with E-state index in [-0.39, 0.29) is 11.3 Å². The van der Waals surface area contributed by atoms with Crippen molar-refractivity contribution in [3.8, 4) is 0 Å². The summed E-state index contributed by atoms with van der Waals surface area (Å²) in [4.78, 5) is 28.8. The molecule has 1 amide bonds. The van der Waals surface area contributed by atoms with E-state index in [1.54, 1.807) is 31.2 Å². The van der Waals surface area contributed by atoms with Gasteiger partial charge in [0.25, 0.3) is 5.56 Å². The minimum absolute atomic E-state index is 0.121. The van der Waals surface area contributed by atoms with Crippen molar-refractivity contribution in [1.82, 2.24) is 9.66 Å². The summed E-state index contributed by atoms with van der Waals surface area (Å²) in [6.45, 7) is 1.64. The third-order valence-corrected chi connectivity index (χ3v) is 3.45. The SMILES string of the molecule is Cc1nc2ccc(Br)cc2c(=O)n1NC(=O)c1ccco1. The summed E-state index contributed by atoms with van der Waals surface area (Å²) in [6.07, 6.45) is 1.39. The van der Waals surface area contributed by atoms with Gasteiger partial charge in [0.05, 0.1) is 17.2 Å². The van der Waals surface area contributed by atoms with Gasteiger partial charge in [-0.1, -0.05) is 15.9 Å². The Hall–Kier alpha value is -2.41. The fourth-order valence-corrected chi connectivity index (χ4v) is 2.33. The topological polar surface area (TPSA) is 77.1 Å². The number of amides is 1. The fraction of sp³-hybridized carbons (Fsp3) is 0.0714. The van der Waals surface area contributed by atoms with Gasteiger partial charge in [0.15, 0.2) is 5.76 Å². The van der Waals surface area contributed by atoms with Crippen LogP contribution >= 0.6 is 15.9 Å². The van der Waals surface area contributed by atoms with Crippen LogP contribution in [0.1, 0.15) is 16.4 Å². The van der Waals surface area contributed by atoms with Gasteiger partial charge < -0.3 is 4.42 Å². The molecule has 0 bridgehead atoms. The van der Waals surface area contributed by atoms with Crippen LogP contribution in [0, 0.1) is 6.92 Å². The molecule has 7 heteroatoms. The van der Waals surface area contributed by atoms with Gasteiger partial charge in [-0.2, -0.15) is 0 Å². The molecule has 0 aliphatic heterocycles. The standard InChI is InChI=1S/C14H10BrN3O3/c1-8-16-11-5-4-9(15)7-10(11)14(20)18(8)17-13(19)12-3-2-6-21-12/h2-7H,1H3,(H,17,19). The molecular weight excluding hydrogens is 338 g/mol. The van der Waals surface area contributed by atoms with Crippen molar-refractivity contribution in [2.45, 2.75) is 6.92 Å². The van der Waals surface area contributed by atoms with E-state index in [4.69, 9.17) is 4.42 Å². The summed E-state index contributed by atoms with van der Waals surface area (Å²) in [5, 5.41) is 0.412. The molecule has 2 heterocycles. The van der Waals surface area contributed by atoms with Crippen molar-refractivity contribution in [3.05, 3.63) is 63.0 Å². The van der Waals surface area contributed by atoms with E-state index in [0.717, 1.165) is 9.15 Å². The Bertz CT molecular complexity index is 884. The molecule has 106 valence electrons. The van der Waals surface area contributed by atoms with Crippen molar-refractivity contribution < 1.29 is 9.21 Å². The smallest absolute Gasteiger partial charge is 0.305 e. The summed E-state index contributed by atoms with van der Waals surface area (Å²) in [5.41, 5.74) is 2.71. The second kappa shape index (κ2) is 5.17. The van der Waals surface area contributed by atoms with E-state index in [2.05, 4.69) is 26.3 Å². The number of carbonyl (C=O) groups excluding carboxylic acids is 1. The van der Waals surface area contributed by atoms with Crippen molar-refractivity contribution in [2.24, 2.45) is 0 Å². The highest BCUT2D eigenvalue weighted by atomic mass is 79.9. The normalized spacial score (nSPS) is 10.8. The number of aromatic nitrogens is 2. The number of nitrogens with one attached hydrogen (secondary N) is 1. The van der Waals surface area contributed by atoms with Gasteiger partial charge in [0.2, 0.25) is 0 Å². The molecule has 0 unspecified atom stereocenters. The Morgan fingerprint density at radius 3 is 2.90 bits per heavy atom. The largest absolute Gasteiger partial charge is 0.459 e. The molecule has 0 spiro atoms. The molecule has 0 atom stereocenters. The van der Waals surface area contributed by atoms with Crippen LogP contribution in [-0.4, -0.2) is 15.6 Å². The second-order valence-electron chi connectivity index (χ2n) is 4.38. The molecule has 0 aliphatic carbocycles. The zero-order valence-corrected chi connectivity index (χ0v) is 12.5. The van der Waals surface area contributed by atoms with Crippen LogP contribution in [0.25, 0.3) is 10.9 Å². The Morgan fingerprint density at radius 2 is 2.19 bits per heavy atom. The average Bonchev–Trinajstić information content (AvgIpc) is 2.98. The van der Waals surface area contributed by atoms with Crippen molar-refractivity contribution in [1.29, 1.82) is 0 Å². The molecule has 0 saturated carbocycles. The van der Waals surface area contributed by atoms with Crippen LogP contribution in [0.2, 0.25) is 0 Å². The molecule has 1 N–H and O–H groups in total. The van der Waals surface area contributed by atoms with Crippen LogP contribution in [0.15, 0.2) is 50.3 Å². The molecule has 21 heavy (non-hydrogen) atoms.